The predicted molar refractivity (Wildman–Crippen MR) is 86.7 cm³/mol. The Balaban J connectivity index is 1.56. The number of nitrogens with zero attached hydrogens (tertiary/aromatic N) is 1. The molecule has 0 aliphatic carbocycles. The fourth-order valence-corrected chi connectivity index (χ4v) is 4.42. The number of hydrogen-bond acceptors (Lipinski definition) is 5. The van der Waals surface area contributed by atoms with Gasteiger partial charge in [-0.1, -0.05) is 0 Å². The van der Waals surface area contributed by atoms with Crippen LogP contribution in [0.25, 0.3) is 0 Å². The van der Waals surface area contributed by atoms with Gasteiger partial charge < -0.3 is 15.0 Å². The molecule has 2 saturated heterocycles. The third kappa shape index (κ3) is 3.46. The molecule has 0 spiro atoms. The van der Waals surface area contributed by atoms with E-state index in [4.69, 9.17) is 4.74 Å². The summed E-state index contributed by atoms with van der Waals surface area (Å²) in [6, 6.07) is 1.90. The third-order valence-corrected chi connectivity index (χ3v) is 5.77. The molecule has 0 saturated carbocycles. The molecule has 134 valence electrons. The lowest BCUT2D eigenvalue weighted by molar-refractivity contribution is -0.155. The molecule has 2 aliphatic heterocycles. The van der Waals surface area contributed by atoms with Crippen molar-refractivity contribution in [2.45, 2.75) is 30.7 Å². The number of nitrogens with one attached hydrogen (secondary N) is 1. The van der Waals surface area contributed by atoms with Gasteiger partial charge in [-0.05, 0) is 25.5 Å². The molecule has 3 rings (SSSR count). The lowest BCUT2D eigenvalue weighted by Crippen LogP contribution is -2.47. The largest absolute Gasteiger partial charge is 0.454 e. The van der Waals surface area contributed by atoms with E-state index < -0.39 is 41.0 Å². The molecular weight excluding hydrogens is 354 g/mol. The smallest absolute Gasteiger partial charge is 0.330 e. The maximum atomic E-state index is 13.5. The molecule has 0 aromatic heterocycles. The van der Waals surface area contributed by atoms with Gasteiger partial charge in [0.25, 0.3) is 5.91 Å². The van der Waals surface area contributed by atoms with Crippen LogP contribution in [0.1, 0.15) is 19.8 Å². The maximum Gasteiger partial charge on any atom is 0.330 e. The van der Waals surface area contributed by atoms with Crippen molar-refractivity contribution < 1.29 is 27.9 Å². The molecule has 0 unspecified atom stereocenters. The molecule has 2 fully saturated rings. The van der Waals surface area contributed by atoms with Crippen LogP contribution in [0, 0.1) is 11.6 Å². The van der Waals surface area contributed by atoms with Gasteiger partial charge in [0.15, 0.2) is 6.61 Å². The third-order valence-electron chi connectivity index (χ3n) is 4.26. The van der Waals surface area contributed by atoms with Crippen LogP contribution >= 0.6 is 11.8 Å². The SMILES string of the molecule is C[C@@]12CCC(=O)N1[C@@H](C(=O)OCC(=O)Nc1cc(F)ccc1F)CS2. The maximum absolute atomic E-state index is 13.5. The highest BCUT2D eigenvalue weighted by Crippen LogP contribution is 2.47. The molecule has 2 aliphatic rings. The zero-order valence-corrected chi connectivity index (χ0v) is 14.2. The molecule has 2 heterocycles. The predicted octanol–water partition coefficient (Wildman–Crippen LogP) is 1.90. The van der Waals surface area contributed by atoms with Gasteiger partial charge >= 0.3 is 5.97 Å². The first-order chi connectivity index (χ1) is 11.8. The van der Waals surface area contributed by atoms with Crippen molar-refractivity contribution in [1.82, 2.24) is 4.90 Å². The van der Waals surface area contributed by atoms with Crippen LogP contribution in [0.3, 0.4) is 0 Å². The minimum Gasteiger partial charge on any atom is -0.454 e. The summed E-state index contributed by atoms with van der Waals surface area (Å²) in [6.07, 6.45) is 1.05. The molecule has 1 aromatic rings. The van der Waals surface area contributed by atoms with Crippen molar-refractivity contribution in [1.29, 1.82) is 0 Å². The highest BCUT2D eigenvalue weighted by atomic mass is 32.2. The van der Waals surface area contributed by atoms with Crippen LogP contribution in [-0.2, 0) is 19.1 Å². The average Bonchev–Trinajstić information content (AvgIpc) is 3.05. The van der Waals surface area contributed by atoms with Crippen molar-refractivity contribution in [3.8, 4) is 0 Å². The van der Waals surface area contributed by atoms with Gasteiger partial charge in [-0.2, -0.15) is 0 Å². The van der Waals surface area contributed by atoms with Crippen LogP contribution in [0.2, 0.25) is 0 Å². The van der Waals surface area contributed by atoms with Crippen molar-refractivity contribution in [3.05, 3.63) is 29.8 Å². The van der Waals surface area contributed by atoms with E-state index in [1.807, 2.05) is 6.92 Å². The van der Waals surface area contributed by atoms with E-state index in [0.717, 1.165) is 18.2 Å². The summed E-state index contributed by atoms with van der Waals surface area (Å²) >= 11 is 1.51. The first kappa shape index (κ1) is 17.7. The first-order valence-electron chi connectivity index (χ1n) is 7.68. The number of anilines is 1. The van der Waals surface area contributed by atoms with E-state index in [1.54, 1.807) is 0 Å². The van der Waals surface area contributed by atoms with Crippen molar-refractivity contribution >= 4 is 35.2 Å². The number of esters is 1. The fraction of sp³-hybridized carbons (Fsp3) is 0.438. The zero-order valence-electron chi connectivity index (χ0n) is 13.4. The molecule has 0 bridgehead atoms. The van der Waals surface area contributed by atoms with Gasteiger partial charge in [0, 0.05) is 18.2 Å². The number of ether oxygens (including phenoxy) is 1. The number of hydrogen-bond donors (Lipinski definition) is 1. The summed E-state index contributed by atoms with van der Waals surface area (Å²) < 4.78 is 31.5. The molecule has 25 heavy (non-hydrogen) atoms. The molecule has 9 heteroatoms. The van der Waals surface area contributed by atoms with Crippen molar-refractivity contribution in [2.24, 2.45) is 0 Å². The van der Waals surface area contributed by atoms with Crippen LogP contribution in [-0.4, -0.2) is 46.0 Å². The summed E-state index contributed by atoms with van der Waals surface area (Å²) in [4.78, 5) is 37.1. The van der Waals surface area contributed by atoms with Crippen molar-refractivity contribution in [3.63, 3.8) is 0 Å². The second-order valence-electron chi connectivity index (χ2n) is 6.05. The van der Waals surface area contributed by atoms with Gasteiger partial charge in [-0.15, -0.1) is 11.8 Å². The molecule has 0 radical (unpaired) electrons. The fourth-order valence-electron chi connectivity index (χ4n) is 3.01. The van der Waals surface area contributed by atoms with Crippen molar-refractivity contribution in [2.75, 3.05) is 17.7 Å². The minimum absolute atomic E-state index is 0.110. The molecule has 1 N–H and O–H groups in total. The number of rotatable bonds is 4. The Morgan fingerprint density at radius 2 is 2.20 bits per heavy atom. The summed E-state index contributed by atoms with van der Waals surface area (Å²) in [6.45, 7) is 1.25. The van der Waals surface area contributed by atoms with Gasteiger partial charge in [-0.3, -0.25) is 9.59 Å². The highest BCUT2D eigenvalue weighted by molar-refractivity contribution is 8.01. The number of carbonyl (C=O) groups is 3. The average molecular weight is 370 g/mol. The topological polar surface area (TPSA) is 75.7 Å². The van der Waals surface area contributed by atoms with Crippen LogP contribution in [0.15, 0.2) is 18.2 Å². The van der Waals surface area contributed by atoms with Gasteiger partial charge in [0.1, 0.15) is 17.7 Å². The lowest BCUT2D eigenvalue weighted by atomic mass is 10.2. The van der Waals surface area contributed by atoms with Crippen LogP contribution in [0.5, 0.6) is 0 Å². The Morgan fingerprint density at radius 3 is 2.96 bits per heavy atom. The molecule has 1 aromatic carbocycles. The second-order valence-corrected chi connectivity index (χ2v) is 7.55. The van der Waals surface area contributed by atoms with E-state index in [9.17, 15) is 23.2 Å². The summed E-state index contributed by atoms with van der Waals surface area (Å²) in [5, 5.41) is 2.14. The number of carbonyl (C=O) groups excluding carboxylic acids is 3. The molecule has 2 amide bonds. The van der Waals surface area contributed by atoms with Crippen LogP contribution in [0.4, 0.5) is 14.5 Å². The number of thioether (sulfide) groups is 1. The Bertz CT molecular complexity index is 745. The van der Waals surface area contributed by atoms with E-state index in [1.165, 1.54) is 16.7 Å². The summed E-state index contributed by atoms with van der Waals surface area (Å²) in [7, 11) is 0. The van der Waals surface area contributed by atoms with E-state index in [-0.39, 0.29) is 11.6 Å². The monoisotopic (exact) mass is 370 g/mol. The quantitative estimate of drug-likeness (QED) is 0.820. The molecule has 6 nitrogen and oxygen atoms in total. The highest BCUT2D eigenvalue weighted by Gasteiger charge is 2.53. The number of amides is 2. The van der Waals surface area contributed by atoms with Gasteiger partial charge in [-0.25, -0.2) is 13.6 Å². The van der Waals surface area contributed by atoms with E-state index >= 15 is 0 Å². The standard InChI is InChI=1S/C16H16F2N2O4S/c1-16-5-4-14(22)20(16)12(8-25-16)15(23)24-7-13(21)19-11-6-9(17)2-3-10(11)18/h2-3,6,12H,4-5,7-8H2,1H3,(H,19,21)/t12-,16-/m1/s1. The molecular formula is C16H16F2N2O4S. The summed E-state index contributed by atoms with van der Waals surface area (Å²) in [5.74, 6) is -2.68. The normalized spacial score (nSPS) is 25.0. The Kier molecular flexibility index (Phi) is 4.68. The lowest BCUT2D eigenvalue weighted by Gasteiger charge is -2.29. The van der Waals surface area contributed by atoms with Gasteiger partial charge in [0.05, 0.1) is 10.6 Å². The summed E-state index contributed by atoms with van der Waals surface area (Å²) in [5.41, 5.74) is -0.334. The van der Waals surface area contributed by atoms with E-state index in [2.05, 4.69) is 5.32 Å². The Morgan fingerprint density at radius 1 is 1.44 bits per heavy atom. The zero-order chi connectivity index (χ0) is 18.2. The molecule has 2 atom stereocenters. The Labute approximate surface area is 146 Å². The minimum atomic E-state index is -0.799. The Hall–Kier alpha value is -2.16. The van der Waals surface area contributed by atoms with Crippen LogP contribution < -0.4 is 5.32 Å². The number of fused-ring (bicyclic) bond motifs is 1. The second kappa shape index (κ2) is 6.62. The van der Waals surface area contributed by atoms with Gasteiger partial charge in [0.2, 0.25) is 5.91 Å². The van der Waals surface area contributed by atoms with E-state index in [0.29, 0.717) is 18.6 Å². The number of benzene rings is 1. The first-order valence-corrected chi connectivity index (χ1v) is 8.66. The number of halogens is 2.